The second-order valence-corrected chi connectivity index (χ2v) is 6.45. The molecule has 0 saturated heterocycles. The lowest BCUT2D eigenvalue weighted by Crippen LogP contribution is -2.28. The Balaban J connectivity index is 2.81. The number of carboxylic acids is 1. The number of carbonyl (C=O) groups is 2. The van der Waals surface area contributed by atoms with Gasteiger partial charge in [-0.25, -0.2) is 4.98 Å². The first-order valence-corrected chi connectivity index (χ1v) is 7.13. The van der Waals surface area contributed by atoms with Gasteiger partial charge in [-0.1, -0.05) is 0 Å². The molecule has 0 bridgehead atoms. The molecule has 0 amide bonds. The largest absolute Gasteiger partial charge is 0.481 e. The normalized spacial score (nSPS) is 12.8. The fraction of sp³-hybridized carbons (Fsp3) is 0.500. The molecule has 1 heterocycles. The van der Waals surface area contributed by atoms with Crippen LogP contribution in [0.2, 0.25) is 0 Å². The van der Waals surface area contributed by atoms with Crippen LogP contribution in [0.15, 0.2) is 16.6 Å². The van der Waals surface area contributed by atoms with E-state index in [1.54, 1.807) is 20.8 Å². The summed E-state index contributed by atoms with van der Waals surface area (Å²) in [5.41, 5.74) is -0.427. The van der Waals surface area contributed by atoms with E-state index in [1.807, 2.05) is 0 Å². The summed E-state index contributed by atoms with van der Waals surface area (Å²) in [6.07, 6.45) is -0.357. The van der Waals surface area contributed by atoms with Crippen molar-refractivity contribution >= 4 is 27.9 Å². The maximum Gasteiger partial charge on any atom is 0.307 e. The van der Waals surface area contributed by atoms with Crippen LogP contribution in [0.3, 0.4) is 0 Å². The van der Waals surface area contributed by atoms with Crippen LogP contribution in [0.1, 0.15) is 32.9 Å². The Morgan fingerprint density at radius 2 is 2.05 bits per heavy atom. The van der Waals surface area contributed by atoms with Gasteiger partial charge in [0.2, 0.25) is 5.95 Å². The molecule has 1 rings (SSSR count). The summed E-state index contributed by atoms with van der Waals surface area (Å²) in [5.74, 6) is -3.48. The molecule has 0 saturated carbocycles. The Morgan fingerprint density at radius 3 is 2.57 bits per heavy atom. The van der Waals surface area contributed by atoms with Crippen LogP contribution in [-0.2, 0) is 20.7 Å². The van der Waals surface area contributed by atoms with Gasteiger partial charge in [0.15, 0.2) is 0 Å². The molecule has 0 fully saturated rings. The Kier molecular flexibility index (Phi) is 5.83. The van der Waals surface area contributed by atoms with Gasteiger partial charge in [-0.15, -0.1) is 0 Å². The van der Waals surface area contributed by atoms with Crippen LogP contribution in [-0.4, -0.2) is 27.6 Å². The highest BCUT2D eigenvalue weighted by atomic mass is 79.9. The summed E-state index contributed by atoms with van der Waals surface area (Å²) in [4.78, 5) is 26.6. The molecule has 0 aliphatic rings. The number of pyridine rings is 1. The number of esters is 1. The molecule has 0 aliphatic carbocycles. The number of carbonyl (C=O) groups excluding carboxylic acids is 1. The number of rotatable bonds is 5. The van der Waals surface area contributed by atoms with E-state index in [-0.39, 0.29) is 18.5 Å². The van der Waals surface area contributed by atoms with Crippen LogP contribution in [0, 0.1) is 11.9 Å². The van der Waals surface area contributed by atoms with Crippen LogP contribution < -0.4 is 0 Å². The molecule has 0 spiro atoms. The molecule has 1 aromatic heterocycles. The van der Waals surface area contributed by atoms with Crippen molar-refractivity contribution in [2.75, 3.05) is 0 Å². The highest BCUT2D eigenvalue weighted by Gasteiger charge is 2.26. The van der Waals surface area contributed by atoms with Gasteiger partial charge in [0.1, 0.15) is 5.60 Å². The molecule has 0 radical (unpaired) electrons. The van der Waals surface area contributed by atoms with Crippen molar-refractivity contribution in [1.82, 2.24) is 4.98 Å². The zero-order chi connectivity index (χ0) is 16.2. The molecule has 1 aromatic rings. The van der Waals surface area contributed by atoms with E-state index in [0.717, 1.165) is 6.07 Å². The molecular weight excluding hydrogens is 345 g/mol. The molecule has 0 aromatic carbocycles. The summed E-state index contributed by atoms with van der Waals surface area (Å²) < 4.78 is 18.7. The summed E-state index contributed by atoms with van der Waals surface area (Å²) in [6.45, 7) is 5.10. The smallest absolute Gasteiger partial charge is 0.307 e. The molecule has 0 aliphatic heterocycles. The van der Waals surface area contributed by atoms with Gasteiger partial charge in [-0.2, -0.15) is 4.39 Å². The molecule has 1 atom stereocenters. The standard InChI is InChI=1S/C14H17BrFNO4/c1-14(2,3)21-12(18)7-8(13(19)20)6-10-9(15)4-5-11(16)17-10/h4-5,8H,6-7H2,1-3H3,(H,19,20). The summed E-state index contributed by atoms with van der Waals surface area (Å²) >= 11 is 3.18. The first-order valence-electron chi connectivity index (χ1n) is 6.34. The molecule has 7 heteroatoms. The molecule has 116 valence electrons. The fourth-order valence-electron chi connectivity index (χ4n) is 1.67. The molecule has 1 N–H and O–H groups in total. The van der Waals surface area contributed by atoms with Crippen LogP contribution in [0.4, 0.5) is 4.39 Å². The number of hydrogen-bond acceptors (Lipinski definition) is 4. The number of aliphatic carboxylic acids is 1. The maximum atomic E-state index is 13.1. The van der Waals surface area contributed by atoms with Crippen molar-refractivity contribution in [2.24, 2.45) is 5.92 Å². The summed E-state index contributed by atoms with van der Waals surface area (Å²) in [7, 11) is 0. The van der Waals surface area contributed by atoms with E-state index in [2.05, 4.69) is 20.9 Å². The third-order valence-electron chi connectivity index (χ3n) is 2.51. The van der Waals surface area contributed by atoms with Crippen molar-refractivity contribution in [3.05, 3.63) is 28.2 Å². The first-order chi connectivity index (χ1) is 9.58. The monoisotopic (exact) mass is 361 g/mol. The SMILES string of the molecule is CC(C)(C)OC(=O)CC(Cc1nc(F)ccc1Br)C(=O)O. The highest BCUT2D eigenvalue weighted by Crippen LogP contribution is 2.21. The van der Waals surface area contributed by atoms with E-state index < -0.39 is 29.4 Å². The summed E-state index contributed by atoms with van der Waals surface area (Å²) in [6, 6.07) is 2.61. The van der Waals surface area contributed by atoms with Crippen LogP contribution in [0.25, 0.3) is 0 Å². The molecular formula is C14H17BrFNO4. The van der Waals surface area contributed by atoms with Crippen molar-refractivity contribution in [3.63, 3.8) is 0 Å². The number of halogens is 2. The van der Waals surface area contributed by atoms with E-state index in [1.165, 1.54) is 6.07 Å². The van der Waals surface area contributed by atoms with E-state index in [9.17, 15) is 19.1 Å². The number of ether oxygens (including phenoxy) is 1. The maximum absolute atomic E-state index is 13.1. The minimum Gasteiger partial charge on any atom is -0.481 e. The predicted molar refractivity (Wildman–Crippen MR) is 77.2 cm³/mol. The average Bonchev–Trinajstić information content (AvgIpc) is 2.30. The highest BCUT2D eigenvalue weighted by molar-refractivity contribution is 9.10. The Labute approximate surface area is 130 Å². The first kappa shape index (κ1) is 17.6. The Morgan fingerprint density at radius 1 is 1.43 bits per heavy atom. The zero-order valence-electron chi connectivity index (χ0n) is 12.0. The van der Waals surface area contributed by atoms with Crippen molar-refractivity contribution < 1.29 is 23.8 Å². The average molecular weight is 362 g/mol. The fourth-order valence-corrected chi connectivity index (χ4v) is 2.05. The van der Waals surface area contributed by atoms with E-state index >= 15 is 0 Å². The van der Waals surface area contributed by atoms with Gasteiger partial charge in [-0.05, 0) is 48.8 Å². The van der Waals surface area contributed by atoms with Gasteiger partial charge < -0.3 is 9.84 Å². The number of nitrogens with zero attached hydrogens (tertiary/aromatic N) is 1. The Bertz CT molecular complexity index is 542. The minimum absolute atomic E-state index is 0.0626. The quantitative estimate of drug-likeness (QED) is 0.644. The topological polar surface area (TPSA) is 76.5 Å². The zero-order valence-corrected chi connectivity index (χ0v) is 13.6. The molecule has 5 nitrogen and oxygen atoms in total. The lowest BCUT2D eigenvalue weighted by atomic mass is 9.99. The van der Waals surface area contributed by atoms with Crippen molar-refractivity contribution in [1.29, 1.82) is 0 Å². The second-order valence-electron chi connectivity index (χ2n) is 5.59. The van der Waals surface area contributed by atoms with Gasteiger partial charge in [0, 0.05) is 10.9 Å². The minimum atomic E-state index is -1.15. The third-order valence-corrected chi connectivity index (χ3v) is 3.23. The van der Waals surface area contributed by atoms with Crippen LogP contribution in [0.5, 0.6) is 0 Å². The van der Waals surface area contributed by atoms with E-state index in [4.69, 9.17) is 4.74 Å². The number of hydrogen-bond donors (Lipinski definition) is 1. The predicted octanol–water partition coefficient (Wildman–Crippen LogP) is 2.96. The second kappa shape index (κ2) is 6.98. The molecule has 1 unspecified atom stereocenters. The van der Waals surface area contributed by atoms with Gasteiger partial charge in [0.05, 0.1) is 18.0 Å². The van der Waals surface area contributed by atoms with Crippen molar-refractivity contribution in [2.45, 2.75) is 39.2 Å². The lowest BCUT2D eigenvalue weighted by molar-refractivity contribution is -0.159. The van der Waals surface area contributed by atoms with E-state index in [0.29, 0.717) is 4.47 Å². The van der Waals surface area contributed by atoms with Gasteiger partial charge in [0.25, 0.3) is 0 Å². The number of carboxylic acid groups (broad SMARTS) is 1. The van der Waals surface area contributed by atoms with Gasteiger partial charge in [-0.3, -0.25) is 9.59 Å². The summed E-state index contributed by atoms with van der Waals surface area (Å²) in [5, 5.41) is 9.20. The Hall–Kier alpha value is -1.50. The number of aromatic nitrogens is 1. The van der Waals surface area contributed by atoms with Crippen LogP contribution >= 0.6 is 15.9 Å². The van der Waals surface area contributed by atoms with Gasteiger partial charge >= 0.3 is 11.9 Å². The molecule has 21 heavy (non-hydrogen) atoms. The third kappa shape index (κ3) is 6.20. The van der Waals surface area contributed by atoms with Crippen molar-refractivity contribution in [3.8, 4) is 0 Å². The lowest BCUT2D eigenvalue weighted by Gasteiger charge is -2.21.